The van der Waals surface area contributed by atoms with Crippen molar-refractivity contribution in [1.29, 1.82) is 0 Å². The van der Waals surface area contributed by atoms with Crippen molar-refractivity contribution in [2.45, 2.75) is 264 Å². The standard InChI is InChI=1S/C52H94O6/c1-4-7-10-13-16-19-22-25-26-27-28-31-33-36-39-42-45-51(54)57-48-49(58-52(55)46-43-40-37-34-30-24-21-18-15-12-9-6-3)47-56-50(53)44-41-38-35-32-29-23-20-17-14-11-8-5-2/h9,12,18,21,30,34,49H,4-8,10-11,13-17,19-20,22-29,31-33,35-48H2,1-3H3/b12-9-,21-18-,34-30-. The minimum absolute atomic E-state index is 0.0835. The zero-order valence-electron chi connectivity index (χ0n) is 38.6. The Kier molecular flexibility index (Phi) is 45.4. The van der Waals surface area contributed by atoms with Crippen LogP contribution in [0.25, 0.3) is 0 Å². The van der Waals surface area contributed by atoms with Crippen LogP contribution in [0.5, 0.6) is 0 Å². The van der Waals surface area contributed by atoms with Gasteiger partial charge in [-0.1, -0.05) is 224 Å². The van der Waals surface area contributed by atoms with Gasteiger partial charge in [0.2, 0.25) is 0 Å². The van der Waals surface area contributed by atoms with E-state index in [9.17, 15) is 14.4 Å². The monoisotopic (exact) mass is 815 g/mol. The summed E-state index contributed by atoms with van der Waals surface area (Å²) in [6.07, 6.45) is 54.2. The molecule has 1 atom stereocenters. The maximum absolute atomic E-state index is 12.7. The molecule has 0 aromatic heterocycles. The molecule has 6 heteroatoms. The quantitative estimate of drug-likeness (QED) is 0.0264. The lowest BCUT2D eigenvalue weighted by molar-refractivity contribution is -0.167. The molecule has 338 valence electrons. The molecule has 0 spiro atoms. The number of ether oxygens (including phenoxy) is 3. The van der Waals surface area contributed by atoms with E-state index in [-0.39, 0.29) is 37.5 Å². The summed E-state index contributed by atoms with van der Waals surface area (Å²) in [5, 5.41) is 0. The van der Waals surface area contributed by atoms with E-state index in [0.717, 1.165) is 70.6 Å². The molecule has 0 saturated carbocycles. The Balaban J connectivity index is 4.36. The number of esters is 3. The molecule has 0 aromatic rings. The Morgan fingerprint density at radius 2 is 0.672 bits per heavy atom. The Bertz CT molecular complexity index is 984. The third-order valence-corrected chi connectivity index (χ3v) is 10.9. The first-order valence-corrected chi connectivity index (χ1v) is 25.0. The largest absolute Gasteiger partial charge is 0.462 e. The van der Waals surface area contributed by atoms with Crippen LogP contribution in [-0.4, -0.2) is 37.2 Å². The molecular weight excluding hydrogens is 721 g/mol. The van der Waals surface area contributed by atoms with Crippen LogP contribution in [-0.2, 0) is 28.6 Å². The molecule has 0 heterocycles. The van der Waals surface area contributed by atoms with Crippen molar-refractivity contribution < 1.29 is 28.6 Å². The molecule has 0 bridgehead atoms. The summed E-state index contributed by atoms with van der Waals surface area (Å²) in [5.41, 5.74) is 0. The zero-order chi connectivity index (χ0) is 42.3. The molecule has 0 aliphatic rings. The smallest absolute Gasteiger partial charge is 0.306 e. The van der Waals surface area contributed by atoms with E-state index in [2.05, 4.69) is 57.2 Å². The molecule has 0 saturated heterocycles. The number of hydrogen-bond acceptors (Lipinski definition) is 6. The maximum atomic E-state index is 12.7. The predicted molar refractivity (Wildman–Crippen MR) is 247 cm³/mol. The lowest BCUT2D eigenvalue weighted by Gasteiger charge is -2.18. The van der Waals surface area contributed by atoms with Gasteiger partial charge >= 0.3 is 17.9 Å². The van der Waals surface area contributed by atoms with Crippen molar-refractivity contribution in [3.63, 3.8) is 0 Å². The second-order valence-corrected chi connectivity index (χ2v) is 16.7. The van der Waals surface area contributed by atoms with Crippen LogP contribution in [0.1, 0.15) is 258 Å². The van der Waals surface area contributed by atoms with Gasteiger partial charge in [0.05, 0.1) is 0 Å². The van der Waals surface area contributed by atoms with Gasteiger partial charge in [-0.25, -0.2) is 0 Å². The Morgan fingerprint density at radius 1 is 0.362 bits per heavy atom. The molecule has 0 aromatic carbocycles. The van der Waals surface area contributed by atoms with Crippen molar-refractivity contribution in [3.05, 3.63) is 36.5 Å². The Labute approximate surface area is 359 Å². The van der Waals surface area contributed by atoms with Crippen LogP contribution in [0, 0.1) is 0 Å². The molecule has 0 aliphatic carbocycles. The van der Waals surface area contributed by atoms with E-state index in [4.69, 9.17) is 14.2 Å². The van der Waals surface area contributed by atoms with E-state index in [1.807, 2.05) is 0 Å². The average molecular weight is 815 g/mol. The highest BCUT2D eigenvalue weighted by atomic mass is 16.6. The molecule has 6 nitrogen and oxygen atoms in total. The van der Waals surface area contributed by atoms with Crippen molar-refractivity contribution >= 4 is 17.9 Å². The highest BCUT2D eigenvalue weighted by molar-refractivity contribution is 5.71. The van der Waals surface area contributed by atoms with Crippen LogP contribution in [0.4, 0.5) is 0 Å². The van der Waals surface area contributed by atoms with Gasteiger partial charge in [-0.15, -0.1) is 0 Å². The Hall–Kier alpha value is -2.37. The minimum Gasteiger partial charge on any atom is -0.462 e. The summed E-state index contributed by atoms with van der Waals surface area (Å²) >= 11 is 0. The average Bonchev–Trinajstić information content (AvgIpc) is 3.22. The van der Waals surface area contributed by atoms with Gasteiger partial charge in [0.1, 0.15) is 13.2 Å². The molecule has 0 amide bonds. The van der Waals surface area contributed by atoms with E-state index < -0.39 is 6.10 Å². The van der Waals surface area contributed by atoms with Gasteiger partial charge in [0.25, 0.3) is 0 Å². The predicted octanol–water partition coefficient (Wildman–Crippen LogP) is 16.1. The van der Waals surface area contributed by atoms with Crippen LogP contribution in [0.3, 0.4) is 0 Å². The first kappa shape index (κ1) is 55.6. The van der Waals surface area contributed by atoms with E-state index in [1.54, 1.807) is 0 Å². The first-order valence-electron chi connectivity index (χ1n) is 25.0. The van der Waals surface area contributed by atoms with Crippen molar-refractivity contribution in [2.24, 2.45) is 0 Å². The van der Waals surface area contributed by atoms with Crippen LogP contribution >= 0.6 is 0 Å². The third-order valence-electron chi connectivity index (χ3n) is 10.9. The van der Waals surface area contributed by atoms with Gasteiger partial charge in [0.15, 0.2) is 6.10 Å². The molecule has 0 N–H and O–H groups in total. The van der Waals surface area contributed by atoms with E-state index >= 15 is 0 Å². The van der Waals surface area contributed by atoms with E-state index in [1.165, 1.54) is 141 Å². The number of carbonyl (C=O) groups excluding carboxylic acids is 3. The summed E-state index contributed by atoms with van der Waals surface area (Å²) in [6.45, 7) is 6.50. The van der Waals surface area contributed by atoms with Crippen LogP contribution in [0.15, 0.2) is 36.5 Å². The highest BCUT2D eigenvalue weighted by Gasteiger charge is 2.19. The molecule has 0 aliphatic heterocycles. The Morgan fingerprint density at radius 3 is 1.05 bits per heavy atom. The lowest BCUT2D eigenvalue weighted by Crippen LogP contribution is -2.30. The highest BCUT2D eigenvalue weighted by Crippen LogP contribution is 2.16. The fourth-order valence-electron chi connectivity index (χ4n) is 7.16. The number of unbranched alkanes of at least 4 members (excludes halogenated alkanes) is 28. The topological polar surface area (TPSA) is 78.9 Å². The van der Waals surface area contributed by atoms with Gasteiger partial charge in [-0.3, -0.25) is 14.4 Å². The van der Waals surface area contributed by atoms with Gasteiger partial charge < -0.3 is 14.2 Å². The third kappa shape index (κ3) is 44.7. The van der Waals surface area contributed by atoms with Crippen molar-refractivity contribution in [3.8, 4) is 0 Å². The molecular formula is C52H94O6. The first-order chi connectivity index (χ1) is 28.5. The number of allylic oxidation sites excluding steroid dienone is 6. The summed E-state index contributed by atoms with van der Waals surface area (Å²) in [7, 11) is 0. The number of hydrogen-bond donors (Lipinski definition) is 0. The van der Waals surface area contributed by atoms with Gasteiger partial charge in [-0.05, 0) is 51.4 Å². The second-order valence-electron chi connectivity index (χ2n) is 16.7. The van der Waals surface area contributed by atoms with Crippen molar-refractivity contribution in [1.82, 2.24) is 0 Å². The van der Waals surface area contributed by atoms with Crippen LogP contribution < -0.4 is 0 Å². The molecule has 1 unspecified atom stereocenters. The van der Waals surface area contributed by atoms with Crippen molar-refractivity contribution in [2.75, 3.05) is 13.2 Å². The molecule has 0 rings (SSSR count). The zero-order valence-corrected chi connectivity index (χ0v) is 38.6. The van der Waals surface area contributed by atoms with Gasteiger partial charge in [0, 0.05) is 19.3 Å². The number of rotatable bonds is 45. The summed E-state index contributed by atoms with van der Waals surface area (Å²) in [5.74, 6) is -0.914. The fraction of sp³-hybridized carbons (Fsp3) is 0.827. The second kappa shape index (κ2) is 47.3. The lowest BCUT2D eigenvalue weighted by atomic mass is 10.0. The minimum atomic E-state index is -0.785. The normalized spacial score (nSPS) is 12.3. The molecule has 0 radical (unpaired) electrons. The summed E-state index contributed by atoms with van der Waals surface area (Å²) in [4.78, 5) is 37.8. The number of carbonyl (C=O) groups is 3. The fourth-order valence-corrected chi connectivity index (χ4v) is 7.16. The maximum Gasteiger partial charge on any atom is 0.306 e. The van der Waals surface area contributed by atoms with Gasteiger partial charge in [-0.2, -0.15) is 0 Å². The summed E-state index contributed by atoms with van der Waals surface area (Å²) < 4.78 is 16.7. The van der Waals surface area contributed by atoms with Crippen LogP contribution in [0.2, 0.25) is 0 Å². The SMILES string of the molecule is CC/C=C\C/C=C\C/C=C\CCCCC(=O)OC(COC(=O)CCCCCCCCCCCCCC)COC(=O)CCCCCCCCCCCCCCCCCC. The van der Waals surface area contributed by atoms with E-state index in [0.29, 0.717) is 19.3 Å². The molecule has 0 fully saturated rings. The summed E-state index contributed by atoms with van der Waals surface area (Å²) in [6, 6.07) is 0. The molecule has 58 heavy (non-hydrogen) atoms.